The van der Waals surface area contributed by atoms with E-state index in [1.807, 2.05) is 0 Å². The van der Waals surface area contributed by atoms with Crippen LogP contribution >= 0.6 is 0 Å². The second-order valence-electron chi connectivity index (χ2n) is 4.77. The highest BCUT2D eigenvalue weighted by Crippen LogP contribution is 2.27. The largest absolute Gasteiger partial charge is 0.481 e. The minimum Gasteiger partial charge on any atom is -0.481 e. The summed E-state index contributed by atoms with van der Waals surface area (Å²) >= 11 is 0. The lowest BCUT2D eigenvalue weighted by atomic mass is 9.96. The Kier molecular flexibility index (Phi) is 3.80. The van der Waals surface area contributed by atoms with Crippen LogP contribution < -0.4 is 4.90 Å². The first-order valence-electron chi connectivity index (χ1n) is 6.22. The quantitative estimate of drug-likeness (QED) is 0.884. The first kappa shape index (κ1) is 13.9. The van der Waals surface area contributed by atoms with Crippen molar-refractivity contribution >= 4 is 21.5 Å². The lowest BCUT2D eigenvalue weighted by molar-refractivity contribution is -0.138. The van der Waals surface area contributed by atoms with Crippen LogP contribution in [0.1, 0.15) is 13.3 Å². The molecule has 0 saturated carbocycles. The van der Waals surface area contributed by atoms with Crippen LogP contribution in [-0.2, 0) is 14.6 Å². The van der Waals surface area contributed by atoms with Crippen molar-refractivity contribution in [2.24, 2.45) is 5.92 Å². The van der Waals surface area contributed by atoms with Crippen LogP contribution in [0, 0.1) is 5.92 Å². The van der Waals surface area contributed by atoms with E-state index in [0.717, 1.165) is 5.69 Å². The molecule has 0 aliphatic carbocycles. The van der Waals surface area contributed by atoms with Gasteiger partial charge in [-0.1, -0.05) is 6.92 Å². The fourth-order valence-electron chi connectivity index (χ4n) is 2.19. The lowest BCUT2D eigenvalue weighted by Gasteiger charge is -2.40. The van der Waals surface area contributed by atoms with Crippen molar-refractivity contribution in [3.8, 4) is 0 Å². The molecule has 0 aromatic heterocycles. The Balaban J connectivity index is 2.00. The number of carboxylic acids is 1. The molecule has 0 spiro atoms. The summed E-state index contributed by atoms with van der Waals surface area (Å²) in [6.45, 7) is 3.05. The zero-order valence-corrected chi connectivity index (χ0v) is 11.6. The van der Waals surface area contributed by atoms with Crippen LogP contribution in [0.15, 0.2) is 29.2 Å². The first-order chi connectivity index (χ1) is 8.92. The number of carbonyl (C=O) groups is 1. The standard InChI is InChI=1S/C13H17NO4S/c1-2-19(17,18)12-5-3-11(4-6-12)14-8-10(9-14)7-13(15)16/h3-6,10H,2,7-9H2,1H3,(H,15,16). The molecular weight excluding hydrogens is 266 g/mol. The van der Waals surface area contributed by atoms with E-state index in [4.69, 9.17) is 5.11 Å². The summed E-state index contributed by atoms with van der Waals surface area (Å²) in [6, 6.07) is 6.77. The molecule has 0 bridgehead atoms. The molecule has 1 aromatic carbocycles. The van der Waals surface area contributed by atoms with Gasteiger partial charge in [0.2, 0.25) is 0 Å². The van der Waals surface area contributed by atoms with Gasteiger partial charge in [-0.25, -0.2) is 8.42 Å². The number of nitrogens with zero attached hydrogens (tertiary/aromatic N) is 1. The van der Waals surface area contributed by atoms with E-state index < -0.39 is 15.8 Å². The number of aliphatic carboxylic acids is 1. The summed E-state index contributed by atoms with van der Waals surface area (Å²) in [4.78, 5) is 12.9. The van der Waals surface area contributed by atoms with Crippen LogP contribution in [0.25, 0.3) is 0 Å². The van der Waals surface area contributed by atoms with Gasteiger partial charge in [0.25, 0.3) is 0 Å². The Bertz CT molecular complexity index is 559. The van der Waals surface area contributed by atoms with E-state index in [-0.39, 0.29) is 18.1 Å². The Morgan fingerprint density at radius 2 is 1.89 bits per heavy atom. The normalized spacial score (nSPS) is 16.2. The smallest absolute Gasteiger partial charge is 0.303 e. The molecule has 1 aliphatic rings. The van der Waals surface area contributed by atoms with E-state index >= 15 is 0 Å². The number of rotatable bonds is 5. The van der Waals surface area contributed by atoms with Crippen LogP contribution in [0.5, 0.6) is 0 Å². The summed E-state index contributed by atoms with van der Waals surface area (Å²) in [5, 5.41) is 8.67. The van der Waals surface area contributed by atoms with Crippen molar-refractivity contribution in [1.82, 2.24) is 0 Å². The van der Waals surface area contributed by atoms with Crippen molar-refractivity contribution in [2.45, 2.75) is 18.2 Å². The van der Waals surface area contributed by atoms with Gasteiger partial charge in [-0.2, -0.15) is 0 Å². The van der Waals surface area contributed by atoms with Gasteiger partial charge < -0.3 is 10.0 Å². The summed E-state index contributed by atoms with van der Waals surface area (Å²) in [6.07, 6.45) is 0.193. The second kappa shape index (κ2) is 5.21. The van der Waals surface area contributed by atoms with Crippen molar-refractivity contribution in [1.29, 1.82) is 0 Å². The molecule has 19 heavy (non-hydrogen) atoms. The van der Waals surface area contributed by atoms with E-state index in [9.17, 15) is 13.2 Å². The molecule has 104 valence electrons. The number of anilines is 1. The monoisotopic (exact) mass is 283 g/mol. The van der Waals surface area contributed by atoms with E-state index in [1.165, 1.54) is 0 Å². The van der Waals surface area contributed by atoms with Crippen LogP contribution in [0.4, 0.5) is 5.69 Å². The van der Waals surface area contributed by atoms with E-state index in [1.54, 1.807) is 31.2 Å². The number of hydrogen-bond donors (Lipinski definition) is 1. The molecule has 1 fully saturated rings. The average molecular weight is 283 g/mol. The zero-order chi connectivity index (χ0) is 14.0. The summed E-state index contributed by atoms with van der Waals surface area (Å²) in [5.74, 6) is -0.484. The van der Waals surface area contributed by atoms with Gasteiger partial charge in [0.15, 0.2) is 9.84 Å². The van der Waals surface area contributed by atoms with Crippen molar-refractivity contribution in [2.75, 3.05) is 23.7 Å². The third-order valence-electron chi connectivity index (χ3n) is 3.36. The molecule has 1 N–H and O–H groups in total. The molecule has 1 heterocycles. The van der Waals surface area contributed by atoms with E-state index in [0.29, 0.717) is 18.0 Å². The predicted octanol–water partition coefficient (Wildman–Crippen LogP) is 1.39. The van der Waals surface area contributed by atoms with E-state index in [2.05, 4.69) is 4.90 Å². The van der Waals surface area contributed by atoms with Gasteiger partial charge >= 0.3 is 5.97 Å². The van der Waals surface area contributed by atoms with Gasteiger partial charge in [-0.05, 0) is 24.3 Å². The Morgan fingerprint density at radius 3 is 2.37 bits per heavy atom. The molecule has 1 saturated heterocycles. The summed E-state index contributed by atoms with van der Waals surface area (Å²) in [7, 11) is -3.15. The maximum atomic E-state index is 11.7. The predicted molar refractivity (Wildman–Crippen MR) is 72.1 cm³/mol. The maximum Gasteiger partial charge on any atom is 0.303 e. The Morgan fingerprint density at radius 1 is 1.32 bits per heavy atom. The van der Waals surface area contributed by atoms with Gasteiger partial charge in [-0.3, -0.25) is 4.79 Å². The molecular formula is C13H17NO4S. The molecule has 0 atom stereocenters. The van der Waals surface area contributed by atoms with Crippen molar-refractivity contribution in [3.05, 3.63) is 24.3 Å². The molecule has 0 unspecified atom stereocenters. The maximum absolute atomic E-state index is 11.7. The molecule has 1 aromatic rings. The lowest BCUT2D eigenvalue weighted by Crippen LogP contribution is -2.47. The fraction of sp³-hybridized carbons (Fsp3) is 0.462. The van der Waals surface area contributed by atoms with Gasteiger partial charge in [0, 0.05) is 24.7 Å². The Hall–Kier alpha value is -1.56. The SMILES string of the molecule is CCS(=O)(=O)c1ccc(N2CC(CC(=O)O)C2)cc1. The molecule has 2 rings (SSSR count). The number of hydrogen-bond acceptors (Lipinski definition) is 4. The van der Waals surface area contributed by atoms with Gasteiger partial charge in [0.05, 0.1) is 17.1 Å². The minimum absolute atomic E-state index is 0.0940. The number of sulfone groups is 1. The summed E-state index contributed by atoms with van der Waals surface area (Å²) < 4.78 is 23.3. The van der Waals surface area contributed by atoms with Gasteiger partial charge in [0.1, 0.15) is 0 Å². The second-order valence-corrected chi connectivity index (χ2v) is 7.04. The molecule has 1 aliphatic heterocycles. The van der Waals surface area contributed by atoms with Crippen LogP contribution in [-0.4, -0.2) is 38.3 Å². The van der Waals surface area contributed by atoms with Gasteiger partial charge in [-0.15, -0.1) is 0 Å². The topological polar surface area (TPSA) is 74.7 Å². The Labute approximate surface area is 112 Å². The number of benzene rings is 1. The first-order valence-corrected chi connectivity index (χ1v) is 7.87. The highest BCUT2D eigenvalue weighted by atomic mass is 32.2. The minimum atomic E-state index is -3.15. The zero-order valence-electron chi connectivity index (χ0n) is 10.7. The van der Waals surface area contributed by atoms with Crippen molar-refractivity contribution < 1.29 is 18.3 Å². The van der Waals surface area contributed by atoms with Crippen LogP contribution in [0.2, 0.25) is 0 Å². The average Bonchev–Trinajstić information content (AvgIpc) is 2.33. The molecule has 0 radical (unpaired) electrons. The molecule has 0 amide bonds. The van der Waals surface area contributed by atoms with Crippen molar-refractivity contribution in [3.63, 3.8) is 0 Å². The third kappa shape index (κ3) is 3.07. The highest BCUT2D eigenvalue weighted by Gasteiger charge is 2.28. The number of carboxylic acid groups (broad SMARTS) is 1. The fourth-order valence-corrected chi connectivity index (χ4v) is 3.07. The third-order valence-corrected chi connectivity index (χ3v) is 5.11. The van der Waals surface area contributed by atoms with Crippen LogP contribution in [0.3, 0.4) is 0 Å². The highest BCUT2D eigenvalue weighted by molar-refractivity contribution is 7.91. The molecule has 6 heteroatoms. The summed E-state index contributed by atoms with van der Waals surface area (Å²) in [5.41, 5.74) is 0.941. The molecule has 5 nitrogen and oxygen atoms in total.